The first-order valence-corrected chi connectivity index (χ1v) is 6.98. The van der Waals surface area contributed by atoms with Gasteiger partial charge in [-0.05, 0) is 43.0 Å². The summed E-state index contributed by atoms with van der Waals surface area (Å²) in [6, 6.07) is 5.12. The van der Waals surface area contributed by atoms with Gasteiger partial charge in [0.05, 0.1) is 5.56 Å². The van der Waals surface area contributed by atoms with E-state index >= 15 is 0 Å². The standard InChI is InChI=1S/C14H19ClF3N/c1-2-3-11(8-9-15)10-19-13-6-4-12(5-7-13)14(16,17)18/h4-7,11,19H,2-3,8-10H2,1H3. The molecule has 1 aromatic rings. The van der Waals surface area contributed by atoms with Crippen molar-refractivity contribution in [3.63, 3.8) is 0 Å². The maximum absolute atomic E-state index is 12.4. The molecule has 1 atom stereocenters. The van der Waals surface area contributed by atoms with Gasteiger partial charge in [0.2, 0.25) is 0 Å². The Morgan fingerprint density at radius 2 is 1.79 bits per heavy atom. The molecule has 0 aliphatic rings. The summed E-state index contributed by atoms with van der Waals surface area (Å²) in [5, 5.41) is 3.17. The molecule has 1 N–H and O–H groups in total. The van der Waals surface area contributed by atoms with Crippen LogP contribution < -0.4 is 5.32 Å². The highest BCUT2D eigenvalue weighted by atomic mass is 35.5. The smallest absolute Gasteiger partial charge is 0.385 e. The molecule has 0 amide bonds. The summed E-state index contributed by atoms with van der Waals surface area (Å²) < 4.78 is 37.2. The Kier molecular flexibility index (Phi) is 6.49. The highest BCUT2D eigenvalue weighted by Gasteiger charge is 2.29. The van der Waals surface area contributed by atoms with Gasteiger partial charge in [0.1, 0.15) is 0 Å². The van der Waals surface area contributed by atoms with Gasteiger partial charge in [0, 0.05) is 18.1 Å². The predicted octanol–water partition coefficient (Wildman–Crippen LogP) is 5.16. The Labute approximate surface area is 117 Å². The van der Waals surface area contributed by atoms with Crippen LogP contribution in [-0.2, 0) is 6.18 Å². The molecule has 0 aliphatic heterocycles. The van der Waals surface area contributed by atoms with Crippen LogP contribution in [0.15, 0.2) is 24.3 Å². The van der Waals surface area contributed by atoms with Gasteiger partial charge in [0.25, 0.3) is 0 Å². The van der Waals surface area contributed by atoms with Gasteiger partial charge < -0.3 is 5.32 Å². The molecule has 0 saturated carbocycles. The predicted molar refractivity (Wildman–Crippen MR) is 73.7 cm³/mol. The summed E-state index contributed by atoms with van der Waals surface area (Å²) in [5.74, 6) is 1.07. The van der Waals surface area contributed by atoms with E-state index in [2.05, 4.69) is 12.2 Å². The van der Waals surface area contributed by atoms with Crippen LogP contribution in [0.1, 0.15) is 31.7 Å². The molecule has 19 heavy (non-hydrogen) atoms. The Bertz CT molecular complexity index is 356. The molecule has 0 aliphatic carbocycles. The zero-order chi connectivity index (χ0) is 14.3. The monoisotopic (exact) mass is 293 g/mol. The maximum Gasteiger partial charge on any atom is 0.416 e. The molecule has 1 unspecified atom stereocenters. The third kappa shape index (κ3) is 5.72. The summed E-state index contributed by atoms with van der Waals surface area (Å²) in [6.45, 7) is 2.85. The van der Waals surface area contributed by atoms with Gasteiger partial charge in [-0.1, -0.05) is 13.3 Å². The highest BCUT2D eigenvalue weighted by molar-refractivity contribution is 6.17. The van der Waals surface area contributed by atoms with E-state index in [1.165, 1.54) is 12.1 Å². The lowest BCUT2D eigenvalue weighted by Gasteiger charge is -2.16. The van der Waals surface area contributed by atoms with Crippen LogP contribution in [0.2, 0.25) is 0 Å². The molecule has 1 aromatic carbocycles. The first-order valence-electron chi connectivity index (χ1n) is 6.44. The Balaban J connectivity index is 2.53. The van der Waals surface area contributed by atoms with E-state index in [4.69, 9.17) is 11.6 Å². The molecule has 0 heterocycles. The molecular weight excluding hydrogens is 275 g/mol. The van der Waals surface area contributed by atoms with Gasteiger partial charge in [-0.15, -0.1) is 11.6 Å². The van der Waals surface area contributed by atoms with Crippen molar-refractivity contribution in [3.05, 3.63) is 29.8 Å². The van der Waals surface area contributed by atoms with E-state index in [9.17, 15) is 13.2 Å². The third-order valence-electron chi connectivity index (χ3n) is 3.02. The summed E-state index contributed by atoms with van der Waals surface area (Å²) in [6.07, 6.45) is -1.21. The average Bonchev–Trinajstić information content (AvgIpc) is 2.36. The van der Waals surface area contributed by atoms with E-state index in [0.717, 1.165) is 37.9 Å². The summed E-state index contributed by atoms with van der Waals surface area (Å²) in [7, 11) is 0. The summed E-state index contributed by atoms with van der Waals surface area (Å²) >= 11 is 5.73. The van der Waals surface area contributed by atoms with Crippen molar-refractivity contribution >= 4 is 17.3 Å². The molecular formula is C14H19ClF3N. The largest absolute Gasteiger partial charge is 0.416 e. The first kappa shape index (κ1) is 16.2. The number of benzene rings is 1. The normalized spacial score (nSPS) is 13.3. The second-order valence-corrected chi connectivity index (χ2v) is 4.97. The number of hydrogen-bond donors (Lipinski definition) is 1. The Morgan fingerprint density at radius 3 is 2.26 bits per heavy atom. The fraction of sp³-hybridized carbons (Fsp3) is 0.571. The molecule has 1 nitrogen and oxygen atoms in total. The molecule has 0 fully saturated rings. The lowest BCUT2D eigenvalue weighted by molar-refractivity contribution is -0.137. The Hall–Kier alpha value is -0.900. The number of nitrogens with one attached hydrogen (secondary N) is 1. The first-order chi connectivity index (χ1) is 8.97. The summed E-state index contributed by atoms with van der Waals surface area (Å²) in [4.78, 5) is 0. The molecule has 0 radical (unpaired) electrons. The Morgan fingerprint density at radius 1 is 1.16 bits per heavy atom. The van der Waals surface area contributed by atoms with Crippen molar-refractivity contribution in [2.45, 2.75) is 32.4 Å². The topological polar surface area (TPSA) is 12.0 Å². The SMILES string of the molecule is CCCC(CCCl)CNc1ccc(C(F)(F)F)cc1. The second kappa shape index (κ2) is 7.63. The minimum atomic E-state index is -4.28. The quantitative estimate of drug-likeness (QED) is 0.685. The van der Waals surface area contributed by atoms with Crippen molar-refractivity contribution in [3.8, 4) is 0 Å². The van der Waals surface area contributed by atoms with E-state index in [1.54, 1.807) is 0 Å². The number of anilines is 1. The fourth-order valence-electron chi connectivity index (χ4n) is 1.95. The number of hydrogen-bond acceptors (Lipinski definition) is 1. The molecule has 0 saturated heterocycles. The maximum atomic E-state index is 12.4. The lowest BCUT2D eigenvalue weighted by Crippen LogP contribution is -2.15. The van der Waals surface area contributed by atoms with Crippen molar-refractivity contribution in [1.29, 1.82) is 0 Å². The van der Waals surface area contributed by atoms with Gasteiger partial charge in [-0.2, -0.15) is 13.2 Å². The van der Waals surface area contributed by atoms with Crippen molar-refractivity contribution in [2.24, 2.45) is 5.92 Å². The van der Waals surface area contributed by atoms with Crippen LogP contribution in [-0.4, -0.2) is 12.4 Å². The minimum absolute atomic E-state index is 0.463. The molecule has 1 rings (SSSR count). The van der Waals surface area contributed by atoms with Crippen LogP contribution in [0.3, 0.4) is 0 Å². The second-order valence-electron chi connectivity index (χ2n) is 4.59. The van der Waals surface area contributed by atoms with E-state index in [-0.39, 0.29) is 0 Å². The van der Waals surface area contributed by atoms with E-state index < -0.39 is 11.7 Å². The number of rotatable bonds is 7. The van der Waals surface area contributed by atoms with Crippen LogP contribution in [0, 0.1) is 5.92 Å². The van der Waals surface area contributed by atoms with E-state index in [1.807, 2.05) is 0 Å². The van der Waals surface area contributed by atoms with Crippen molar-refractivity contribution in [2.75, 3.05) is 17.7 Å². The fourth-order valence-corrected chi connectivity index (χ4v) is 2.26. The third-order valence-corrected chi connectivity index (χ3v) is 3.24. The van der Waals surface area contributed by atoms with Gasteiger partial charge in [-0.3, -0.25) is 0 Å². The van der Waals surface area contributed by atoms with Crippen LogP contribution in [0.25, 0.3) is 0 Å². The molecule has 5 heteroatoms. The zero-order valence-corrected chi connectivity index (χ0v) is 11.7. The van der Waals surface area contributed by atoms with Crippen molar-refractivity contribution < 1.29 is 13.2 Å². The number of halogens is 4. The average molecular weight is 294 g/mol. The molecule has 0 spiro atoms. The van der Waals surface area contributed by atoms with Crippen LogP contribution >= 0.6 is 11.6 Å². The summed E-state index contributed by atoms with van der Waals surface area (Å²) in [5.41, 5.74) is 0.0904. The van der Waals surface area contributed by atoms with Crippen molar-refractivity contribution in [1.82, 2.24) is 0 Å². The van der Waals surface area contributed by atoms with Gasteiger partial charge in [0.15, 0.2) is 0 Å². The highest BCUT2D eigenvalue weighted by Crippen LogP contribution is 2.29. The van der Waals surface area contributed by atoms with Crippen LogP contribution in [0.4, 0.5) is 18.9 Å². The lowest BCUT2D eigenvalue weighted by atomic mass is 10.0. The zero-order valence-electron chi connectivity index (χ0n) is 10.9. The van der Waals surface area contributed by atoms with E-state index in [0.29, 0.717) is 17.5 Å². The molecule has 0 bridgehead atoms. The number of alkyl halides is 4. The minimum Gasteiger partial charge on any atom is -0.385 e. The molecule has 108 valence electrons. The van der Waals surface area contributed by atoms with Gasteiger partial charge in [-0.25, -0.2) is 0 Å². The van der Waals surface area contributed by atoms with Crippen LogP contribution in [0.5, 0.6) is 0 Å². The molecule has 0 aromatic heterocycles. The van der Waals surface area contributed by atoms with Gasteiger partial charge >= 0.3 is 6.18 Å².